The van der Waals surface area contributed by atoms with Gasteiger partial charge in [0.25, 0.3) is 0 Å². The van der Waals surface area contributed by atoms with E-state index in [1.807, 2.05) is 19.6 Å². The van der Waals surface area contributed by atoms with E-state index < -0.39 is 37.4 Å². The fraction of sp³-hybridized carbons (Fsp3) is 0.471. The highest BCUT2D eigenvalue weighted by Crippen LogP contribution is 2.53. The van der Waals surface area contributed by atoms with Crippen LogP contribution >= 0.6 is 0 Å². The third-order valence-electron chi connectivity index (χ3n) is 4.77. The maximum Gasteiger partial charge on any atom is 0.309 e. The highest BCUT2D eigenvalue weighted by atomic mass is 28.4. The lowest BCUT2D eigenvalue weighted by Crippen LogP contribution is -2.70. The van der Waals surface area contributed by atoms with Gasteiger partial charge in [-0.2, -0.15) is 0 Å². The zero-order valence-corrected chi connectivity index (χ0v) is 14.8. The molecule has 7 heteroatoms. The molecule has 1 aliphatic carbocycles. The van der Waals surface area contributed by atoms with Gasteiger partial charge >= 0.3 is 5.97 Å². The number of hydrogen-bond donors (Lipinski definition) is 0. The number of carbonyl (C=O) groups is 3. The van der Waals surface area contributed by atoms with Crippen LogP contribution in [0.25, 0.3) is 0 Å². The van der Waals surface area contributed by atoms with Crippen LogP contribution in [0.5, 0.6) is 0 Å². The summed E-state index contributed by atoms with van der Waals surface area (Å²) in [7, 11) is -2.26. The molecule has 2 heterocycles. The van der Waals surface area contributed by atoms with Gasteiger partial charge in [-0.3, -0.25) is 14.4 Å². The molecule has 24 heavy (non-hydrogen) atoms. The number of rotatable bonds is 2. The van der Waals surface area contributed by atoms with Crippen molar-refractivity contribution in [1.82, 2.24) is 0 Å². The summed E-state index contributed by atoms with van der Waals surface area (Å²) in [6.07, 6.45) is -0.830. The monoisotopic (exact) mass is 346 g/mol. The molecule has 1 spiro atoms. The number of esters is 1. The zero-order chi connectivity index (χ0) is 17.3. The first-order valence-electron chi connectivity index (χ1n) is 7.93. The van der Waals surface area contributed by atoms with Crippen molar-refractivity contribution in [3.63, 3.8) is 0 Å². The Morgan fingerprint density at radius 3 is 2.33 bits per heavy atom. The second kappa shape index (κ2) is 4.62. The van der Waals surface area contributed by atoms with Crippen molar-refractivity contribution in [3.8, 4) is 0 Å². The molecule has 2 aliphatic heterocycles. The lowest BCUT2D eigenvalue weighted by atomic mass is 9.67. The summed E-state index contributed by atoms with van der Waals surface area (Å²) in [4.78, 5) is 38.6. The van der Waals surface area contributed by atoms with Crippen LogP contribution in [0.3, 0.4) is 0 Å². The van der Waals surface area contributed by atoms with Crippen LogP contribution in [0, 0.1) is 0 Å². The van der Waals surface area contributed by atoms with Gasteiger partial charge in [0.2, 0.25) is 17.2 Å². The van der Waals surface area contributed by atoms with Crippen LogP contribution in [-0.2, 0) is 18.7 Å². The first kappa shape index (κ1) is 15.7. The second-order valence-corrected chi connectivity index (χ2v) is 11.9. The Balaban J connectivity index is 2.00. The summed E-state index contributed by atoms with van der Waals surface area (Å²) in [6.45, 7) is 5.71. The summed E-state index contributed by atoms with van der Waals surface area (Å²) in [5.41, 5.74) is -2.71. The highest BCUT2D eigenvalue weighted by Gasteiger charge is 2.78. The predicted octanol–water partition coefficient (Wildman–Crippen LogP) is 1.74. The molecule has 0 amide bonds. The van der Waals surface area contributed by atoms with E-state index in [0.29, 0.717) is 5.56 Å². The average molecular weight is 346 g/mol. The molecular formula is C17H18O6Si. The van der Waals surface area contributed by atoms with Crippen molar-refractivity contribution >= 4 is 25.9 Å². The number of fused-ring (bicyclic) bond motifs is 1. The molecular weight excluding hydrogens is 328 g/mol. The Morgan fingerprint density at radius 2 is 1.71 bits per heavy atom. The highest BCUT2D eigenvalue weighted by molar-refractivity contribution is 6.70. The van der Waals surface area contributed by atoms with Crippen molar-refractivity contribution in [2.45, 2.75) is 43.4 Å². The molecule has 126 valence electrons. The minimum absolute atomic E-state index is 0.0437. The fourth-order valence-electron chi connectivity index (χ4n) is 4.01. The topological polar surface area (TPSA) is 78.9 Å². The van der Waals surface area contributed by atoms with E-state index in [9.17, 15) is 14.4 Å². The molecule has 6 nitrogen and oxygen atoms in total. The van der Waals surface area contributed by atoms with E-state index in [1.54, 1.807) is 24.3 Å². The molecule has 0 unspecified atom stereocenters. The molecule has 0 aromatic heterocycles. The van der Waals surface area contributed by atoms with Crippen molar-refractivity contribution < 1.29 is 28.3 Å². The summed E-state index contributed by atoms with van der Waals surface area (Å²) < 4.78 is 17.5. The third kappa shape index (κ3) is 1.74. The van der Waals surface area contributed by atoms with Gasteiger partial charge < -0.3 is 13.9 Å². The van der Waals surface area contributed by atoms with Gasteiger partial charge in [0, 0.05) is 11.1 Å². The molecule has 2 saturated heterocycles. The molecule has 1 aromatic rings. The normalized spacial score (nSPS) is 34.6. The first-order valence-corrected chi connectivity index (χ1v) is 11.3. The molecule has 1 aromatic carbocycles. The summed E-state index contributed by atoms with van der Waals surface area (Å²) in [6, 6.07) is 6.60. The smallest absolute Gasteiger partial charge is 0.309 e. The quantitative estimate of drug-likeness (QED) is 0.599. The Hall–Kier alpha value is -1.83. The van der Waals surface area contributed by atoms with Crippen LogP contribution in [0.2, 0.25) is 19.6 Å². The van der Waals surface area contributed by atoms with E-state index in [0.717, 1.165) is 0 Å². The lowest BCUT2D eigenvalue weighted by molar-refractivity contribution is -0.155. The molecule has 0 radical (unpaired) electrons. The Bertz CT molecular complexity index is 782. The minimum atomic E-state index is -2.26. The largest absolute Gasteiger partial charge is 0.444 e. The van der Waals surface area contributed by atoms with E-state index >= 15 is 0 Å². The Kier molecular flexibility index (Phi) is 3.02. The van der Waals surface area contributed by atoms with Crippen LogP contribution < -0.4 is 0 Å². The van der Waals surface area contributed by atoms with E-state index in [-0.39, 0.29) is 24.4 Å². The van der Waals surface area contributed by atoms with Gasteiger partial charge in [-0.25, -0.2) is 0 Å². The lowest BCUT2D eigenvalue weighted by Gasteiger charge is -2.46. The van der Waals surface area contributed by atoms with E-state index in [4.69, 9.17) is 13.9 Å². The molecule has 3 atom stereocenters. The van der Waals surface area contributed by atoms with E-state index in [2.05, 4.69) is 0 Å². The van der Waals surface area contributed by atoms with Crippen molar-refractivity contribution in [1.29, 1.82) is 0 Å². The van der Waals surface area contributed by atoms with Crippen molar-refractivity contribution in [3.05, 3.63) is 35.4 Å². The van der Waals surface area contributed by atoms with Crippen LogP contribution in [0.15, 0.2) is 24.3 Å². The van der Waals surface area contributed by atoms with Gasteiger partial charge in [-0.05, 0) is 19.6 Å². The van der Waals surface area contributed by atoms with Crippen molar-refractivity contribution in [2.24, 2.45) is 0 Å². The number of ketones is 2. The standard InChI is InChI=1S/C17H18O6Si/c1-24(2,3)23-16-9-21-12-8-13(18)22-17(12,16)15(20)11-7-5-4-6-10(11)14(16)19/h4-7,12H,8-9H2,1-3H3/t12-,16-,17-/m0/s1. The maximum atomic E-state index is 13.4. The fourth-order valence-corrected chi connectivity index (χ4v) is 5.36. The molecule has 0 N–H and O–H groups in total. The van der Waals surface area contributed by atoms with Crippen LogP contribution in [0.1, 0.15) is 27.1 Å². The Labute approximate surface area is 140 Å². The number of carbonyl (C=O) groups excluding carboxylic acids is 3. The molecule has 2 fully saturated rings. The number of Topliss-reactive ketones (excluding diaryl/α,β-unsaturated/α-hetero) is 2. The summed E-state index contributed by atoms with van der Waals surface area (Å²) >= 11 is 0. The SMILES string of the molecule is C[Si](C)(C)O[C@]12CO[C@H]3CC(=O)O[C@]31C(=O)c1ccccc1C2=O. The van der Waals surface area contributed by atoms with Crippen LogP contribution in [-0.4, -0.2) is 49.8 Å². The maximum absolute atomic E-state index is 13.4. The van der Waals surface area contributed by atoms with Gasteiger partial charge in [0.05, 0.1) is 13.0 Å². The average Bonchev–Trinajstić information content (AvgIpc) is 2.99. The number of ether oxygens (including phenoxy) is 2. The third-order valence-corrected chi connectivity index (χ3v) is 5.73. The zero-order valence-electron chi connectivity index (χ0n) is 13.8. The molecule has 0 bridgehead atoms. The van der Waals surface area contributed by atoms with Gasteiger partial charge in [0.1, 0.15) is 6.10 Å². The molecule has 3 aliphatic rings. The summed E-state index contributed by atoms with van der Waals surface area (Å²) in [5.74, 6) is -1.27. The molecule has 0 saturated carbocycles. The van der Waals surface area contributed by atoms with E-state index in [1.165, 1.54) is 0 Å². The number of hydrogen-bond acceptors (Lipinski definition) is 6. The first-order chi connectivity index (χ1) is 11.2. The van der Waals surface area contributed by atoms with Gasteiger partial charge in [-0.15, -0.1) is 0 Å². The predicted molar refractivity (Wildman–Crippen MR) is 85.4 cm³/mol. The van der Waals surface area contributed by atoms with Gasteiger partial charge in [-0.1, -0.05) is 24.3 Å². The van der Waals surface area contributed by atoms with Gasteiger partial charge in [0.15, 0.2) is 13.9 Å². The molecule has 4 rings (SSSR count). The number of benzene rings is 1. The second-order valence-electron chi connectivity index (χ2n) is 7.46. The van der Waals surface area contributed by atoms with Crippen LogP contribution in [0.4, 0.5) is 0 Å². The minimum Gasteiger partial charge on any atom is -0.444 e. The Morgan fingerprint density at radius 1 is 1.08 bits per heavy atom. The van der Waals surface area contributed by atoms with Crippen molar-refractivity contribution in [2.75, 3.05) is 6.61 Å². The summed E-state index contributed by atoms with van der Waals surface area (Å²) in [5, 5.41) is 0.